The molecule has 0 spiro atoms. The van der Waals surface area contributed by atoms with Crippen LogP contribution >= 0.6 is 22.9 Å². The fourth-order valence-corrected chi connectivity index (χ4v) is 3.32. The van der Waals surface area contributed by atoms with Crippen molar-refractivity contribution < 1.29 is 9.53 Å². The Morgan fingerprint density at radius 3 is 2.86 bits per heavy atom. The maximum atomic E-state index is 11.7. The van der Waals surface area contributed by atoms with E-state index in [0.29, 0.717) is 19.1 Å². The molecule has 5 nitrogen and oxygen atoms in total. The first-order chi connectivity index (χ1) is 10.1. The number of carbonyl (C=O) groups is 1. The summed E-state index contributed by atoms with van der Waals surface area (Å²) < 4.78 is 6.11. The van der Waals surface area contributed by atoms with Crippen LogP contribution in [0.15, 0.2) is 12.1 Å². The van der Waals surface area contributed by atoms with Crippen LogP contribution in [0.2, 0.25) is 4.34 Å². The van der Waals surface area contributed by atoms with Crippen LogP contribution in [0.25, 0.3) is 0 Å². The first kappa shape index (κ1) is 16.5. The molecular formula is C14H22ClN3O2S. The van der Waals surface area contributed by atoms with Crippen LogP contribution in [0.3, 0.4) is 0 Å². The predicted molar refractivity (Wildman–Crippen MR) is 86.3 cm³/mol. The molecule has 1 atom stereocenters. The number of thiophene rings is 1. The summed E-state index contributed by atoms with van der Waals surface area (Å²) in [5.41, 5.74) is 0. The van der Waals surface area contributed by atoms with Gasteiger partial charge in [-0.2, -0.15) is 0 Å². The van der Waals surface area contributed by atoms with E-state index in [4.69, 9.17) is 16.3 Å². The van der Waals surface area contributed by atoms with Gasteiger partial charge in [-0.1, -0.05) is 11.6 Å². The summed E-state index contributed by atoms with van der Waals surface area (Å²) in [7, 11) is 0. The second-order valence-corrected chi connectivity index (χ2v) is 6.89. The third kappa shape index (κ3) is 5.82. The van der Waals surface area contributed by atoms with Gasteiger partial charge < -0.3 is 15.4 Å². The van der Waals surface area contributed by atoms with Crippen molar-refractivity contribution in [3.63, 3.8) is 0 Å². The van der Waals surface area contributed by atoms with E-state index in [1.165, 1.54) is 4.88 Å². The number of morpholine rings is 1. The molecule has 0 aliphatic carbocycles. The van der Waals surface area contributed by atoms with E-state index in [0.717, 1.165) is 37.1 Å². The number of urea groups is 1. The van der Waals surface area contributed by atoms with E-state index in [2.05, 4.69) is 22.5 Å². The van der Waals surface area contributed by atoms with Gasteiger partial charge in [0.05, 0.1) is 17.6 Å². The average Bonchev–Trinajstić information content (AvgIpc) is 2.91. The molecule has 21 heavy (non-hydrogen) atoms. The molecule has 2 N–H and O–H groups in total. The molecule has 1 aliphatic rings. The number of amides is 2. The third-order valence-electron chi connectivity index (χ3n) is 3.51. The van der Waals surface area contributed by atoms with Gasteiger partial charge in [-0.3, -0.25) is 4.90 Å². The minimum absolute atomic E-state index is 0.113. The van der Waals surface area contributed by atoms with Gasteiger partial charge in [0.1, 0.15) is 0 Å². The second-order valence-electron chi connectivity index (χ2n) is 5.09. The molecule has 0 saturated carbocycles. The monoisotopic (exact) mass is 331 g/mol. The van der Waals surface area contributed by atoms with Gasteiger partial charge >= 0.3 is 6.03 Å². The first-order valence-electron chi connectivity index (χ1n) is 7.23. The highest BCUT2D eigenvalue weighted by atomic mass is 35.5. The molecule has 1 unspecified atom stereocenters. The Bertz CT molecular complexity index is 449. The molecule has 2 heterocycles. The van der Waals surface area contributed by atoms with Crippen molar-refractivity contribution in [1.29, 1.82) is 0 Å². The van der Waals surface area contributed by atoms with Crippen LogP contribution in [0.5, 0.6) is 0 Å². The third-order valence-corrected chi connectivity index (χ3v) is 4.80. The van der Waals surface area contributed by atoms with Crippen LogP contribution < -0.4 is 10.6 Å². The highest BCUT2D eigenvalue weighted by Gasteiger charge is 2.17. The summed E-state index contributed by atoms with van der Waals surface area (Å²) in [5.74, 6) is 0. The molecule has 1 saturated heterocycles. The minimum atomic E-state index is -0.113. The van der Waals surface area contributed by atoms with E-state index in [1.807, 2.05) is 12.1 Å². The lowest BCUT2D eigenvalue weighted by Gasteiger charge is -2.32. The van der Waals surface area contributed by atoms with E-state index >= 15 is 0 Å². The molecular weight excluding hydrogens is 310 g/mol. The summed E-state index contributed by atoms with van der Waals surface area (Å²) in [6.45, 7) is 6.82. The largest absolute Gasteiger partial charge is 0.379 e. The molecule has 1 fully saturated rings. The zero-order chi connectivity index (χ0) is 15.1. The Hall–Kier alpha value is -0.820. The smallest absolute Gasteiger partial charge is 0.314 e. The Kier molecular flexibility index (Phi) is 6.76. The molecule has 2 rings (SSSR count). The molecule has 2 amide bonds. The minimum Gasteiger partial charge on any atom is -0.379 e. The van der Waals surface area contributed by atoms with E-state index in [1.54, 1.807) is 11.3 Å². The van der Waals surface area contributed by atoms with Gasteiger partial charge in [0.2, 0.25) is 0 Å². The summed E-state index contributed by atoms with van der Waals surface area (Å²) in [5, 5.41) is 5.79. The van der Waals surface area contributed by atoms with Crippen molar-refractivity contribution in [3.8, 4) is 0 Å². The number of halogens is 1. The zero-order valence-corrected chi connectivity index (χ0v) is 13.8. The SMILES string of the molecule is CC(CNC(=O)NCCc1ccc(Cl)s1)N1CCOCC1. The topological polar surface area (TPSA) is 53.6 Å². The highest BCUT2D eigenvalue weighted by molar-refractivity contribution is 7.16. The van der Waals surface area contributed by atoms with Gasteiger partial charge in [0.15, 0.2) is 0 Å². The lowest BCUT2D eigenvalue weighted by atomic mass is 10.2. The molecule has 1 aliphatic heterocycles. The Labute approximate surface area is 134 Å². The summed E-state index contributed by atoms with van der Waals surface area (Å²) in [4.78, 5) is 15.3. The van der Waals surface area contributed by atoms with Gasteiger partial charge in [-0.05, 0) is 25.5 Å². The lowest BCUT2D eigenvalue weighted by Crippen LogP contribution is -2.49. The molecule has 7 heteroatoms. The molecule has 0 radical (unpaired) electrons. The van der Waals surface area contributed by atoms with Crippen LogP contribution in [-0.4, -0.2) is 56.4 Å². The Morgan fingerprint density at radius 2 is 2.19 bits per heavy atom. The molecule has 0 bridgehead atoms. The van der Waals surface area contributed by atoms with E-state index < -0.39 is 0 Å². The maximum Gasteiger partial charge on any atom is 0.314 e. The highest BCUT2D eigenvalue weighted by Crippen LogP contribution is 2.21. The van der Waals surface area contributed by atoms with E-state index in [9.17, 15) is 4.79 Å². The Morgan fingerprint density at radius 1 is 1.43 bits per heavy atom. The van der Waals surface area contributed by atoms with Gasteiger partial charge in [-0.25, -0.2) is 4.79 Å². The molecule has 0 aromatic carbocycles. The fourth-order valence-electron chi connectivity index (χ4n) is 2.24. The number of rotatable bonds is 6. The van der Waals surface area contributed by atoms with Crippen molar-refractivity contribution in [2.45, 2.75) is 19.4 Å². The quantitative estimate of drug-likeness (QED) is 0.838. The number of ether oxygens (including phenoxy) is 1. The van der Waals surface area contributed by atoms with Gasteiger partial charge in [-0.15, -0.1) is 11.3 Å². The molecule has 1 aromatic heterocycles. The van der Waals surface area contributed by atoms with Crippen LogP contribution in [0, 0.1) is 0 Å². The average molecular weight is 332 g/mol. The number of hydrogen-bond acceptors (Lipinski definition) is 4. The number of hydrogen-bond donors (Lipinski definition) is 2. The van der Waals surface area contributed by atoms with Gasteiger partial charge in [0, 0.05) is 37.1 Å². The predicted octanol–water partition coefficient (Wildman–Crippen LogP) is 1.96. The summed E-state index contributed by atoms with van der Waals surface area (Å²) >= 11 is 7.42. The zero-order valence-electron chi connectivity index (χ0n) is 12.2. The van der Waals surface area contributed by atoms with Crippen LogP contribution in [0.1, 0.15) is 11.8 Å². The van der Waals surface area contributed by atoms with E-state index in [-0.39, 0.29) is 6.03 Å². The summed E-state index contributed by atoms with van der Waals surface area (Å²) in [6.07, 6.45) is 0.809. The number of nitrogens with zero attached hydrogens (tertiary/aromatic N) is 1. The normalized spacial score (nSPS) is 17.4. The van der Waals surface area contributed by atoms with Gasteiger partial charge in [0.25, 0.3) is 0 Å². The number of carbonyl (C=O) groups excluding carboxylic acids is 1. The standard InChI is InChI=1S/C14H22ClN3O2S/c1-11(18-6-8-20-9-7-18)10-17-14(19)16-5-4-12-2-3-13(15)21-12/h2-3,11H,4-10H2,1H3,(H2,16,17,19). The summed E-state index contributed by atoms with van der Waals surface area (Å²) in [6, 6.07) is 4.09. The van der Waals surface area contributed by atoms with Crippen LogP contribution in [0.4, 0.5) is 4.79 Å². The van der Waals surface area contributed by atoms with Crippen molar-refractivity contribution in [2.24, 2.45) is 0 Å². The van der Waals surface area contributed by atoms with Crippen molar-refractivity contribution in [3.05, 3.63) is 21.3 Å². The van der Waals surface area contributed by atoms with Crippen molar-refractivity contribution in [1.82, 2.24) is 15.5 Å². The molecule has 118 valence electrons. The molecule has 1 aromatic rings. The maximum absolute atomic E-state index is 11.7. The second kappa shape index (κ2) is 8.58. The number of nitrogens with one attached hydrogen (secondary N) is 2. The Balaban J connectivity index is 1.58. The lowest BCUT2D eigenvalue weighted by molar-refractivity contribution is 0.0209. The van der Waals surface area contributed by atoms with Crippen molar-refractivity contribution in [2.75, 3.05) is 39.4 Å². The van der Waals surface area contributed by atoms with Crippen molar-refractivity contribution >= 4 is 29.0 Å². The fraction of sp³-hybridized carbons (Fsp3) is 0.643. The first-order valence-corrected chi connectivity index (χ1v) is 8.42. The van der Waals surface area contributed by atoms with Crippen LogP contribution in [-0.2, 0) is 11.2 Å².